The first-order valence-corrected chi connectivity index (χ1v) is 6.08. The van der Waals surface area contributed by atoms with Crippen molar-refractivity contribution in [3.63, 3.8) is 0 Å². The zero-order valence-corrected chi connectivity index (χ0v) is 10.7. The van der Waals surface area contributed by atoms with Crippen molar-refractivity contribution in [2.24, 2.45) is 10.8 Å². The van der Waals surface area contributed by atoms with Crippen molar-refractivity contribution in [1.82, 2.24) is 15.7 Å². The Morgan fingerprint density at radius 2 is 2.22 bits per heavy atom. The van der Waals surface area contributed by atoms with E-state index in [1.807, 2.05) is 19.1 Å². The van der Waals surface area contributed by atoms with E-state index in [9.17, 15) is 0 Å². The Morgan fingerprint density at radius 3 is 2.89 bits per heavy atom. The molecule has 4 N–H and O–H groups in total. The van der Waals surface area contributed by atoms with Gasteiger partial charge in [0.05, 0.1) is 6.54 Å². The van der Waals surface area contributed by atoms with Gasteiger partial charge in [0.15, 0.2) is 0 Å². The molecule has 1 heterocycles. The predicted octanol–water partition coefficient (Wildman–Crippen LogP) is 0.417. The molecule has 1 rings (SSSR count). The van der Waals surface area contributed by atoms with E-state index in [0.717, 1.165) is 31.7 Å². The number of hydrogen-bond acceptors (Lipinski definition) is 4. The molecule has 18 heavy (non-hydrogen) atoms. The summed E-state index contributed by atoms with van der Waals surface area (Å²) in [4.78, 5) is 8.28. The summed E-state index contributed by atoms with van der Waals surface area (Å²) in [5.41, 5.74) is 3.64. The van der Waals surface area contributed by atoms with Gasteiger partial charge in [-0.3, -0.25) is 10.4 Å². The van der Waals surface area contributed by atoms with Crippen LogP contribution in [0.5, 0.6) is 0 Å². The zero-order chi connectivity index (χ0) is 13.1. The lowest BCUT2D eigenvalue weighted by atomic mass is 10.3. The third-order valence-electron chi connectivity index (χ3n) is 2.27. The van der Waals surface area contributed by atoms with Crippen LogP contribution in [0.4, 0.5) is 0 Å². The highest BCUT2D eigenvalue weighted by atomic mass is 16.5. The number of ether oxygens (including phenoxy) is 1. The van der Waals surface area contributed by atoms with Gasteiger partial charge in [0.1, 0.15) is 0 Å². The zero-order valence-electron chi connectivity index (χ0n) is 10.7. The number of guanidine groups is 1. The van der Waals surface area contributed by atoms with Gasteiger partial charge in [-0.25, -0.2) is 10.8 Å². The van der Waals surface area contributed by atoms with Crippen LogP contribution in [0, 0.1) is 0 Å². The summed E-state index contributed by atoms with van der Waals surface area (Å²) in [5.74, 6) is 5.98. The number of rotatable bonds is 7. The summed E-state index contributed by atoms with van der Waals surface area (Å²) in [6, 6.07) is 3.85. The summed E-state index contributed by atoms with van der Waals surface area (Å²) in [6.45, 7) is 4.82. The van der Waals surface area contributed by atoms with E-state index < -0.39 is 0 Å². The molecular weight excluding hydrogens is 230 g/mol. The van der Waals surface area contributed by atoms with Gasteiger partial charge < -0.3 is 10.1 Å². The third kappa shape index (κ3) is 6.17. The van der Waals surface area contributed by atoms with Gasteiger partial charge in [-0.1, -0.05) is 0 Å². The van der Waals surface area contributed by atoms with Crippen LogP contribution in [0.15, 0.2) is 29.5 Å². The lowest BCUT2D eigenvalue weighted by Gasteiger charge is -2.09. The van der Waals surface area contributed by atoms with Crippen molar-refractivity contribution in [2.75, 3.05) is 19.8 Å². The highest BCUT2D eigenvalue weighted by Crippen LogP contribution is 1.97. The molecule has 0 aliphatic heterocycles. The Hall–Kier alpha value is -1.66. The number of aliphatic imine (C=N–C) groups is 1. The molecule has 0 spiro atoms. The lowest BCUT2D eigenvalue weighted by molar-refractivity contribution is 0.145. The fourth-order valence-corrected chi connectivity index (χ4v) is 1.34. The van der Waals surface area contributed by atoms with E-state index in [1.165, 1.54) is 0 Å². The van der Waals surface area contributed by atoms with Crippen LogP contribution in [0.2, 0.25) is 0 Å². The highest BCUT2D eigenvalue weighted by molar-refractivity contribution is 5.79. The van der Waals surface area contributed by atoms with Gasteiger partial charge in [-0.15, -0.1) is 0 Å². The second-order valence-electron chi connectivity index (χ2n) is 3.64. The standard InChI is InChI=1S/C12H21N5O/c1-2-18-9-3-6-15-12(17-13)16-10-11-4-7-14-8-5-11/h4-5,7-8H,2-3,6,9-10,13H2,1H3,(H2,15,16,17). The summed E-state index contributed by atoms with van der Waals surface area (Å²) in [7, 11) is 0. The van der Waals surface area contributed by atoms with Gasteiger partial charge in [-0.05, 0) is 31.0 Å². The molecule has 0 aliphatic rings. The summed E-state index contributed by atoms with van der Waals surface area (Å²) < 4.78 is 5.24. The lowest BCUT2D eigenvalue weighted by Crippen LogP contribution is -2.42. The molecule has 1 aromatic heterocycles. The van der Waals surface area contributed by atoms with Crippen LogP contribution in [-0.4, -0.2) is 30.7 Å². The first-order chi connectivity index (χ1) is 8.86. The number of pyridine rings is 1. The van der Waals surface area contributed by atoms with Gasteiger partial charge in [0, 0.05) is 32.2 Å². The van der Waals surface area contributed by atoms with Gasteiger partial charge >= 0.3 is 0 Å². The molecule has 100 valence electrons. The molecule has 0 atom stereocenters. The van der Waals surface area contributed by atoms with E-state index in [-0.39, 0.29) is 0 Å². The van der Waals surface area contributed by atoms with Crippen molar-refractivity contribution < 1.29 is 4.74 Å². The van der Waals surface area contributed by atoms with E-state index in [0.29, 0.717) is 12.5 Å². The first-order valence-electron chi connectivity index (χ1n) is 6.08. The van der Waals surface area contributed by atoms with Gasteiger partial charge in [0.2, 0.25) is 5.96 Å². The monoisotopic (exact) mass is 251 g/mol. The second kappa shape index (κ2) is 9.38. The van der Waals surface area contributed by atoms with E-state index in [2.05, 4.69) is 20.7 Å². The molecule has 0 unspecified atom stereocenters. The van der Waals surface area contributed by atoms with Crippen LogP contribution in [-0.2, 0) is 11.3 Å². The average Bonchev–Trinajstić information content (AvgIpc) is 2.43. The van der Waals surface area contributed by atoms with Gasteiger partial charge in [-0.2, -0.15) is 0 Å². The SMILES string of the molecule is CCOCCCNC(=NCc1ccncc1)NN. The van der Waals surface area contributed by atoms with E-state index >= 15 is 0 Å². The fourth-order valence-electron chi connectivity index (χ4n) is 1.34. The van der Waals surface area contributed by atoms with Crippen LogP contribution in [0.25, 0.3) is 0 Å². The number of aromatic nitrogens is 1. The molecular formula is C12H21N5O. The number of hydrazine groups is 1. The molecule has 0 amide bonds. The van der Waals surface area contributed by atoms with Crippen molar-refractivity contribution >= 4 is 5.96 Å². The molecule has 6 nitrogen and oxygen atoms in total. The van der Waals surface area contributed by atoms with Crippen LogP contribution in [0.1, 0.15) is 18.9 Å². The fraction of sp³-hybridized carbons (Fsp3) is 0.500. The number of nitrogens with two attached hydrogens (primary N) is 1. The maximum absolute atomic E-state index is 5.39. The molecule has 0 aromatic carbocycles. The maximum Gasteiger partial charge on any atom is 0.206 e. The Morgan fingerprint density at radius 1 is 1.44 bits per heavy atom. The Balaban J connectivity index is 2.27. The summed E-state index contributed by atoms with van der Waals surface area (Å²) >= 11 is 0. The highest BCUT2D eigenvalue weighted by Gasteiger charge is 1.96. The molecule has 6 heteroatoms. The van der Waals surface area contributed by atoms with Crippen molar-refractivity contribution in [3.8, 4) is 0 Å². The smallest absolute Gasteiger partial charge is 0.206 e. The molecule has 0 saturated carbocycles. The minimum atomic E-state index is 0.570. The molecule has 0 bridgehead atoms. The quantitative estimate of drug-likeness (QED) is 0.215. The third-order valence-corrected chi connectivity index (χ3v) is 2.27. The second-order valence-corrected chi connectivity index (χ2v) is 3.64. The molecule has 0 radical (unpaired) electrons. The Kier molecular flexibility index (Phi) is 7.50. The molecule has 0 fully saturated rings. The molecule has 0 saturated heterocycles. The van der Waals surface area contributed by atoms with Crippen molar-refractivity contribution in [2.45, 2.75) is 19.9 Å². The van der Waals surface area contributed by atoms with Gasteiger partial charge in [0.25, 0.3) is 0 Å². The topological polar surface area (TPSA) is 84.6 Å². The minimum absolute atomic E-state index is 0.570. The number of nitrogens with zero attached hydrogens (tertiary/aromatic N) is 2. The summed E-state index contributed by atoms with van der Waals surface area (Å²) in [5, 5.41) is 3.12. The van der Waals surface area contributed by atoms with E-state index in [1.54, 1.807) is 12.4 Å². The molecule has 0 aliphatic carbocycles. The van der Waals surface area contributed by atoms with Crippen LogP contribution in [0.3, 0.4) is 0 Å². The average molecular weight is 251 g/mol. The van der Waals surface area contributed by atoms with Crippen molar-refractivity contribution in [1.29, 1.82) is 0 Å². The van der Waals surface area contributed by atoms with Crippen LogP contribution >= 0.6 is 0 Å². The van der Waals surface area contributed by atoms with Crippen LogP contribution < -0.4 is 16.6 Å². The Labute approximate surface area is 108 Å². The maximum atomic E-state index is 5.39. The largest absolute Gasteiger partial charge is 0.382 e. The van der Waals surface area contributed by atoms with Crippen molar-refractivity contribution in [3.05, 3.63) is 30.1 Å². The normalized spacial score (nSPS) is 11.3. The summed E-state index contributed by atoms with van der Waals surface area (Å²) in [6.07, 6.45) is 4.41. The Bertz CT molecular complexity index is 342. The molecule has 1 aromatic rings. The van der Waals surface area contributed by atoms with E-state index in [4.69, 9.17) is 10.6 Å². The minimum Gasteiger partial charge on any atom is -0.382 e. The first kappa shape index (κ1) is 14.4. The number of hydrogen-bond donors (Lipinski definition) is 3. The number of nitrogens with one attached hydrogen (secondary N) is 2. The predicted molar refractivity (Wildman–Crippen MR) is 71.8 cm³/mol.